The Balaban J connectivity index is 3.30. The van der Waals surface area contributed by atoms with Crippen molar-refractivity contribution in [2.75, 3.05) is 0 Å². The molecule has 10 heteroatoms. The maximum atomic E-state index is 13.5. The van der Waals surface area contributed by atoms with Crippen LogP contribution in [0, 0.1) is 5.82 Å². The van der Waals surface area contributed by atoms with Gasteiger partial charge < -0.3 is 10.9 Å². The van der Waals surface area contributed by atoms with E-state index >= 15 is 0 Å². The molecule has 0 bridgehead atoms. The third kappa shape index (κ3) is 3.32. The summed E-state index contributed by atoms with van der Waals surface area (Å²) in [7, 11) is -4.20. The molecule has 112 valence electrons. The van der Waals surface area contributed by atoms with Gasteiger partial charge in [-0.25, -0.2) is 12.8 Å². The summed E-state index contributed by atoms with van der Waals surface area (Å²) in [5.74, 6) is -1.41. The minimum absolute atomic E-state index is 0.301. The molecule has 0 amide bonds. The van der Waals surface area contributed by atoms with Gasteiger partial charge in [-0.3, -0.25) is 0 Å². The average Bonchev–Trinajstić information content (AvgIpc) is 2.33. The Bertz CT molecular complexity index is 662. The molecule has 0 aliphatic heterocycles. The fourth-order valence-electron chi connectivity index (χ4n) is 1.28. The number of hydrogen-bond donors (Lipinski definition) is 3. The molecule has 0 heterocycles. The van der Waals surface area contributed by atoms with Crippen LogP contribution in [0.4, 0.5) is 4.39 Å². The Labute approximate surface area is 125 Å². The van der Waals surface area contributed by atoms with Crippen molar-refractivity contribution in [1.29, 1.82) is 0 Å². The fourth-order valence-corrected chi connectivity index (χ4v) is 3.42. The summed E-state index contributed by atoms with van der Waals surface area (Å²) >= 11 is 11.1. The van der Waals surface area contributed by atoms with Crippen LogP contribution in [0.3, 0.4) is 0 Å². The van der Waals surface area contributed by atoms with Crippen molar-refractivity contribution in [3.63, 3.8) is 0 Å². The van der Waals surface area contributed by atoms with E-state index in [4.69, 9.17) is 34.1 Å². The van der Waals surface area contributed by atoms with Crippen molar-refractivity contribution >= 4 is 39.1 Å². The normalized spacial score (nSPS) is 13.6. The molecule has 0 spiro atoms. The molecule has 0 saturated carbocycles. The van der Waals surface area contributed by atoms with Gasteiger partial charge in [-0.15, -0.1) is 0 Å². The van der Waals surface area contributed by atoms with Crippen LogP contribution < -0.4 is 10.5 Å². The Kier molecular flexibility index (Phi) is 4.86. The molecule has 1 aromatic rings. The molecule has 0 radical (unpaired) electrons. The van der Waals surface area contributed by atoms with Crippen LogP contribution in [0.1, 0.15) is 13.8 Å². The number of oxime groups is 1. The molecule has 1 aromatic carbocycles. The van der Waals surface area contributed by atoms with Crippen LogP contribution >= 0.6 is 23.2 Å². The van der Waals surface area contributed by atoms with E-state index in [1.54, 1.807) is 0 Å². The van der Waals surface area contributed by atoms with E-state index < -0.39 is 31.3 Å². The van der Waals surface area contributed by atoms with Gasteiger partial charge in [0.05, 0.1) is 15.6 Å². The Morgan fingerprint density at radius 1 is 1.45 bits per heavy atom. The number of hydrogen-bond acceptors (Lipinski definition) is 4. The van der Waals surface area contributed by atoms with E-state index in [0.717, 1.165) is 12.1 Å². The second-order valence-corrected chi connectivity index (χ2v) is 6.83. The standard InChI is InChI=1S/C10H12Cl2FN3O3S/c1-10(2,9(14)15-17)16-20(18,19)6-4-3-5(11)8(13)7(6)12/h3-4,16-17H,1-2H3,(H2,14,15). The van der Waals surface area contributed by atoms with Crippen molar-refractivity contribution in [2.24, 2.45) is 10.9 Å². The van der Waals surface area contributed by atoms with Gasteiger partial charge in [-0.05, 0) is 26.0 Å². The van der Waals surface area contributed by atoms with Crippen LogP contribution in [-0.2, 0) is 10.0 Å². The lowest BCUT2D eigenvalue weighted by atomic mass is 10.1. The highest BCUT2D eigenvalue weighted by Crippen LogP contribution is 2.29. The Morgan fingerprint density at radius 2 is 2.00 bits per heavy atom. The van der Waals surface area contributed by atoms with Gasteiger partial charge in [0.2, 0.25) is 10.0 Å². The summed E-state index contributed by atoms with van der Waals surface area (Å²) in [6, 6.07) is 2.12. The van der Waals surface area contributed by atoms with Crippen LogP contribution in [0.25, 0.3) is 0 Å². The highest BCUT2D eigenvalue weighted by molar-refractivity contribution is 7.89. The fraction of sp³-hybridized carbons (Fsp3) is 0.300. The summed E-state index contributed by atoms with van der Waals surface area (Å²) in [6.07, 6.45) is 0. The Hall–Kier alpha value is -1.09. The minimum Gasteiger partial charge on any atom is -0.409 e. The van der Waals surface area contributed by atoms with Crippen molar-refractivity contribution in [1.82, 2.24) is 4.72 Å². The summed E-state index contributed by atoms with van der Waals surface area (Å²) in [6.45, 7) is 2.72. The lowest BCUT2D eigenvalue weighted by molar-refractivity contribution is 0.312. The second kappa shape index (κ2) is 5.72. The van der Waals surface area contributed by atoms with Crippen LogP contribution in [0.2, 0.25) is 10.0 Å². The molecule has 0 aromatic heterocycles. The molecule has 0 saturated heterocycles. The van der Waals surface area contributed by atoms with Crippen LogP contribution in [0.15, 0.2) is 22.2 Å². The summed E-state index contributed by atoms with van der Waals surface area (Å²) in [4.78, 5) is -0.500. The molecule has 6 nitrogen and oxygen atoms in total. The lowest BCUT2D eigenvalue weighted by Crippen LogP contribution is -2.53. The van der Waals surface area contributed by atoms with Gasteiger partial charge in [0, 0.05) is 0 Å². The molecular formula is C10H12Cl2FN3O3S. The smallest absolute Gasteiger partial charge is 0.243 e. The van der Waals surface area contributed by atoms with E-state index in [-0.39, 0.29) is 10.9 Å². The number of amidine groups is 1. The predicted octanol–water partition coefficient (Wildman–Crippen LogP) is 1.94. The van der Waals surface area contributed by atoms with Gasteiger partial charge in [0.25, 0.3) is 0 Å². The second-order valence-electron chi connectivity index (χ2n) is 4.39. The first kappa shape index (κ1) is 17.0. The van der Waals surface area contributed by atoms with Gasteiger partial charge in [0.1, 0.15) is 4.90 Å². The molecule has 1 rings (SSSR count). The first-order chi connectivity index (χ1) is 9.03. The average molecular weight is 344 g/mol. The molecule has 0 unspecified atom stereocenters. The molecule has 4 N–H and O–H groups in total. The van der Waals surface area contributed by atoms with E-state index in [9.17, 15) is 12.8 Å². The number of sulfonamides is 1. The van der Waals surface area contributed by atoms with E-state index in [0.29, 0.717) is 0 Å². The van der Waals surface area contributed by atoms with Crippen molar-refractivity contribution < 1.29 is 18.0 Å². The number of nitrogens with one attached hydrogen (secondary N) is 1. The van der Waals surface area contributed by atoms with Crippen LogP contribution in [0.5, 0.6) is 0 Å². The van der Waals surface area contributed by atoms with Gasteiger partial charge >= 0.3 is 0 Å². The van der Waals surface area contributed by atoms with Gasteiger partial charge in [-0.1, -0.05) is 28.4 Å². The maximum absolute atomic E-state index is 13.5. The molecule has 0 aliphatic rings. The zero-order valence-electron chi connectivity index (χ0n) is 10.5. The van der Waals surface area contributed by atoms with Gasteiger partial charge in [0.15, 0.2) is 11.7 Å². The maximum Gasteiger partial charge on any atom is 0.243 e. The van der Waals surface area contributed by atoms with E-state index in [1.807, 2.05) is 0 Å². The van der Waals surface area contributed by atoms with Gasteiger partial charge in [-0.2, -0.15) is 4.72 Å². The monoisotopic (exact) mass is 343 g/mol. The topological polar surface area (TPSA) is 105 Å². The van der Waals surface area contributed by atoms with E-state index in [1.165, 1.54) is 13.8 Å². The lowest BCUT2D eigenvalue weighted by Gasteiger charge is -2.24. The first-order valence-electron chi connectivity index (χ1n) is 5.18. The van der Waals surface area contributed by atoms with Crippen molar-refractivity contribution in [2.45, 2.75) is 24.3 Å². The number of rotatable bonds is 4. The molecule has 0 aliphatic carbocycles. The summed E-state index contributed by atoms with van der Waals surface area (Å²) in [5.41, 5.74) is 3.98. The summed E-state index contributed by atoms with van der Waals surface area (Å²) in [5, 5.41) is 10.4. The van der Waals surface area contributed by atoms with Crippen molar-refractivity contribution in [3.05, 3.63) is 28.0 Å². The highest BCUT2D eigenvalue weighted by Gasteiger charge is 2.32. The first-order valence-corrected chi connectivity index (χ1v) is 7.42. The summed E-state index contributed by atoms with van der Waals surface area (Å²) < 4.78 is 40.0. The third-order valence-electron chi connectivity index (χ3n) is 2.43. The van der Waals surface area contributed by atoms with Crippen molar-refractivity contribution in [3.8, 4) is 0 Å². The molecular weight excluding hydrogens is 332 g/mol. The number of benzene rings is 1. The molecule has 20 heavy (non-hydrogen) atoms. The number of nitrogens with zero attached hydrogens (tertiary/aromatic N) is 1. The zero-order valence-corrected chi connectivity index (χ0v) is 12.8. The molecule has 0 atom stereocenters. The zero-order chi connectivity index (χ0) is 15.7. The number of halogens is 3. The largest absolute Gasteiger partial charge is 0.409 e. The van der Waals surface area contributed by atoms with Crippen LogP contribution in [-0.4, -0.2) is 25.0 Å². The molecule has 0 fully saturated rings. The predicted molar refractivity (Wildman–Crippen MR) is 74.2 cm³/mol. The highest BCUT2D eigenvalue weighted by atomic mass is 35.5. The minimum atomic E-state index is -4.20. The van der Waals surface area contributed by atoms with E-state index in [2.05, 4.69) is 9.88 Å². The third-order valence-corrected chi connectivity index (χ3v) is 4.90. The SMILES string of the molecule is CC(C)(NS(=O)(=O)c1ccc(Cl)c(F)c1Cl)/C(N)=N/O. The Morgan fingerprint density at radius 3 is 2.50 bits per heavy atom. The quantitative estimate of drug-likeness (QED) is 0.255. The number of nitrogens with two attached hydrogens (primary N) is 1.